The molecular weight excluding hydrogens is 231 g/mol. The maximum absolute atomic E-state index is 13.2. The molecule has 0 bridgehead atoms. The monoisotopic (exact) mass is 240 g/mol. The summed E-state index contributed by atoms with van der Waals surface area (Å²) >= 11 is 0. The molecule has 0 aliphatic rings. The summed E-state index contributed by atoms with van der Waals surface area (Å²) in [6, 6.07) is 11.2. The van der Waals surface area contributed by atoms with Crippen LogP contribution < -0.4 is 5.56 Å². The lowest BCUT2D eigenvalue weighted by atomic mass is 10.1. The Bertz CT molecular complexity index is 780. The normalized spacial score (nSPS) is 10.7. The maximum atomic E-state index is 13.2. The number of halogens is 1. The fourth-order valence-corrected chi connectivity index (χ4v) is 1.88. The van der Waals surface area contributed by atoms with Gasteiger partial charge in [0.15, 0.2) is 0 Å². The van der Waals surface area contributed by atoms with E-state index >= 15 is 0 Å². The smallest absolute Gasteiger partial charge is 0.265 e. The summed E-state index contributed by atoms with van der Waals surface area (Å²) in [5.74, 6) is -0.370. The van der Waals surface area contributed by atoms with Gasteiger partial charge >= 0.3 is 0 Å². The van der Waals surface area contributed by atoms with E-state index in [1.807, 2.05) is 6.07 Å². The number of nitrogens with zero attached hydrogens (tertiary/aromatic N) is 2. The number of hydrogen-bond acceptors (Lipinski definition) is 2. The van der Waals surface area contributed by atoms with Crippen LogP contribution in [0, 0.1) is 5.82 Å². The molecule has 3 aromatic rings. The summed E-state index contributed by atoms with van der Waals surface area (Å²) < 4.78 is 14.6. The second-order valence-electron chi connectivity index (χ2n) is 3.92. The Labute approximate surface area is 102 Å². The molecule has 18 heavy (non-hydrogen) atoms. The molecule has 0 aliphatic heterocycles. The van der Waals surface area contributed by atoms with E-state index in [1.165, 1.54) is 22.7 Å². The number of fused-ring (bicyclic) bond motifs is 1. The van der Waals surface area contributed by atoms with Gasteiger partial charge in [-0.3, -0.25) is 9.20 Å². The molecule has 3 nitrogen and oxygen atoms in total. The lowest BCUT2D eigenvalue weighted by Gasteiger charge is -2.03. The van der Waals surface area contributed by atoms with Gasteiger partial charge in [0.05, 0.1) is 5.56 Å². The van der Waals surface area contributed by atoms with Gasteiger partial charge in [-0.25, -0.2) is 9.37 Å². The zero-order chi connectivity index (χ0) is 12.5. The zero-order valence-corrected chi connectivity index (χ0v) is 9.38. The summed E-state index contributed by atoms with van der Waals surface area (Å²) in [6.45, 7) is 0. The number of hydrogen-bond donors (Lipinski definition) is 0. The molecule has 0 unspecified atom stereocenters. The van der Waals surface area contributed by atoms with Gasteiger partial charge in [-0.2, -0.15) is 0 Å². The SMILES string of the molecule is O=c1c(-c2cccc(F)c2)cnc2ccccn12. The predicted octanol–water partition coefficient (Wildman–Crippen LogP) is 2.50. The molecule has 4 heteroatoms. The van der Waals surface area contributed by atoms with Crippen LogP contribution in [-0.2, 0) is 0 Å². The third-order valence-electron chi connectivity index (χ3n) is 2.75. The van der Waals surface area contributed by atoms with Gasteiger partial charge in [-0.1, -0.05) is 18.2 Å². The standard InChI is InChI=1S/C14H9FN2O/c15-11-5-3-4-10(8-11)12-9-16-13-6-1-2-7-17(13)14(12)18/h1-9H. The van der Waals surface area contributed by atoms with Gasteiger partial charge in [0.1, 0.15) is 11.5 Å². The number of rotatable bonds is 1. The molecule has 1 aromatic carbocycles. The Morgan fingerprint density at radius 1 is 1.11 bits per heavy atom. The maximum Gasteiger partial charge on any atom is 0.265 e. The molecule has 0 saturated heterocycles. The molecule has 88 valence electrons. The topological polar surface area (TPSA) is 34.4 Å². The summed E-state index contributed by atoms with van der Waals surface area (Å²) in [5.41, 5.74) is 1.29. The molecule has 2 aromatic heterocycles. The van der Waals surface area contributed by atoms with E-state index in [9.17, 15) is 9.18 Å². The fourth-order valence-electron chi connectivity index (χ4n) is 1.88. The summed E-state index contributed by atoms with van der Waals surface area (Å²) in [5, 5.41) is 0. The van der Waals surface area contributed by atoms with Crippen LogP contribution in [0.2, 0.25) is 0 Å². The van der Waals surface area contributed by atoms with Crippen molar-refractivity contribution in [2.75, 3.05) is 0 Å². The first-order chi connectivity index (χ1) is 8.75. The average Bonchev–Trinajstić information content (AvgIpc) is 2.39. The molecule has 0 N–H and O–H groups in total. The first kappa shape index (κ1) is 10.7. The van der Waals surface area contributed by atoms with Crippen molar-refractivity contribution >= 4 is 5.65 Å². The predicted molar refractivity (Wildman–Crippen MR) is 66.9 cm³/mol. The molecule has 0 spiro atoms. The van der Waals surface area contributed by atoms with Gasteiger partial charge in [0.2, 0.25) is 0 Å². The highest BCUT2D eigenvalue weighted by molar-refractivity contribution is 5.62. The number of aromatic nitrogens is 2. The second kappa shape index (κ2) is 4.07. The first-order valence-corrected chi connectivity index (χ1v) is 5.48. The molecule has 0 amide bonds. The van der Waals surface area contributed by atoms with Crippen molar-refractivity contribution in [1.82, 2.24) is 9.38 Å². The summed E-state index contributed by atoms with van der Waals surface area (Å²) in [7, 11) is 0. The minimum atomic E-state index is -0.370. The van der Waals surface area contributed by atoms with Gasteiger partial charge in [0.25, 0.3) is 5.56 Å². The third kappa shape index (κ3) is 1.68. The Balaban J connectivity index is 2.31. The number of benzene rings is 1. The molecule has 0 saturated carbocycles. The molecule has 0 atom stereocenters. The summed E-state index contributed by atoms with van der Waals surface area (Å²) in [6.07, 6.45) is 3.12. The van der Waals surface area contributed by atoms with Gasteiger partial charge in [-0.15, -0.1) is 0 Å². The Morgan fingerprint density at radius 3 is 2.83 bits per heavy atom. The molecule has 0 radical (unpaired) electrons. The van der Waals surface area contributed by atoms with Crippen molar-refractivity contribution in [2.24, 2.45) is 0 Å². The van der Waals surface area contributed by atoms with Gasteiger partial charge in [-0.05, 0) is 29.8 Å². The third-order valence-corrected chi connectivity index (χ3v) is 2.75. The first-order valence-electron chi connectivity index (χ1n) is 5.48. The van der Waals surface area contributed by atoms with Crippen LogP contribution >= 0.6 is 0 Å². The lowest BCUT2D eigenvalue weighted by Crippen LogP contribution is -2.16. The summed E-state index contributed by atoms with van der Waals surface area (Å²) in [4.78, 5) is 16.4. The van der Waals surface area contributed by atoms with Crippen LogP contribution in [-0.4, -0.2) is 9.38 Å². The molecule has 0 aliphatic carbocycles. The van der Waals surface area contributed by atoms with Crippen LogP contribution in [0.5, 0.6) is 0 Å². The van der Waals surface area contributed by atoms with Gasteiger partial charge < -0.3 is 0 Å². The van der Waals surface area contributed by atoms with Crippen LogP contribution in [0.3, 0.4) is 0 Å². The van der Waals surface area contributed by atoms with E-state index in [-0.39, 0.29) is 11.4 Å². The largest absolute Gasteiger partial charge is 0.268 e. The minimum Gasteiger partial charge on any atom is -0.268 e. The minimum absolute atomic E-state index is 0.203. The Morgan fingerprint density at radius 2 is 2.00 bits per heavy atom. The highest BCUT2D eigenvalue weighted by Crippen LogP contribution is 2.15. The van der Waals surface area contributed by atoms with Crippen molar-refractivity contribution in [3.05, 3.63) is 71.0 Å². The van der Waals surface area contributed by atoms with Crippen LogP contribution in [0.15, 0.2) is 59.7 Å². The van der Waals surface area contributed by atoms with Crippen molar-refractivity contribution < 1.29 is 4.39 Å². The highest BCUT2D eigenvalue weighted by Gasteiger charge is 2.07. The fraction of sp³-hybridized carbons (Fsp3) is 0. The van der Waals surface area contributed by atoms with E-state index in [1.54, 1.807) is 30.5 Å². The van der Waals surface area contributed by atoms with Crippen molar-refractivity contribution in [3.8, 4) is 11.1 Å². The Kier molecular flexibility index (Phi) is 2.41. The lowest BCUT2D eigenvalue weighted by molar-refractivity contribution is 0.628. The molecule has 2 heterocycles. The quantitative estimate of drug-likeness (QED) is 0.655. The van der Waals surface area contributed by atoms with Gasteiger partial charge in [0, 0.05) is 12.4 Å². The molecule has 3 rings (SSSR count). The van der Waals surface area contributed by atoms with Crippen molar-refractivity contribution in [1.29, 1.82) is 0 Å². The van der Waals surface area contributed by atoms with E-state index in [4.69, 9.17) is 0 Å². The number of pyridine rings is 1. The highest BCUT2D eigenvalue weighted by atomic mass is 19.1. The average molecular weight is 240 g/mol. The van der Waals surface area contributed by atoms with Crippen LogP contribution in [0.25, 0.3) is 16.8 Å². The van der Waals surface area contributed by atoms with Crippen LogP contribution in [0.4, 0.5) is 4.39 Å². The van der Waals surface area contributed by atoms with E-state index < -0.39 is 0 Å². The molecular formula is C14H9FN2O. The Hall–Kier alpha value is -2.49. The van der Waals surface area contributed by atoms with E-state index in [0.717, 1.165) is 0 Å². The van der Waals surface area contributed by atoms with E-state index in [2.05, 4.69) is 4.98 Å². The molecule has 0 fully saturated rings. The van der Waals surface area contributed by atoms with E-state index in [0.29, 0.717) is 16.8 Å². The van der Waals surface area contributed by atoms with Crippen LogP contribution in [0.1, 0.15) is 0 Å². The van der Waals surface area contributed by atoms with Crippen molar-refractivity contribution in [3.63, 3.8) is 0 Å². The van der Waals surface area contributed by atoms with Crippen molar-refractivity contribution in [2.45, 2.75) is 0 Å². The second-order valence-corrected chi connectivity index (χ2v) is 3.92. The zero-order valence-electron chi connectivity index (χ0n) is 9.38.